The number of carbonyl (C=O) groups excluding carboxylic acids is 2. The first-order valence-corrected chi connectivity index (χ1v) is 8.45. The molecule has 0 saturated heterocycles. The first kappa shape index (κ1) is 17.9. The van der Waals surface area contributed by atoms with Gasteiger partial charge in [0.15, 0.2) is 6.10 Å². The molecule has 0 spiro atoms. The molecule has 0 saturated carbocycles. The minimum atomic E-state index is -0.953. The van der Waals surface area contributed by atoms with Gasteiger partial charge in [-0.05, 0) is 50.2 Å². The maximum atomic E-state index is 12.6. The van der Waals surface area contributed by atoms with E-state index in [9.17, 15) is 9.59 Å². The summed E-state index contributed by atoms with van der Waals surface area (Å²) in [4.78, 5) is 29.2. The minimum Gasteiger partial charge on any atom is -0.449 e. The van der Waals surface area contributed by atoms with Gasteiger partial charge >= 0.3 is 5.97 Å². The Balaban J connectivity index is 1.75. The monoisotopic (exact) mass is 368 g/mol. The van der Waals surface area contributed by atoms with E-state index in [1.54, 1.807) is 43.3 Å². The number of pyridine rings is 1. The van der Waals surface area contributed by atoms with E-state index in [2.05, 4.69) is 10.3 Å². The van der Waals surface area contributed by atoms with E-state index in [-0.39, 0.29) is 0 Å². The predicted molar refractivity (Wildman–Crippen MR) is 101 cm³/mol. The molecule has 26 heavy (non-hydrogen) atoms. The highest BCUT2D eigenvalue weighted by Crippen LogP contribution is 2.20. The van der Waals surface area contributed by atoms with Crippen molar-refractivity contribution < 1.29 is 14.3 Å². The largest absolute Gasteiger partial charge is 0.449 e. The number of fused-ring (bicyclic) bond motifs is 1. The van der Waals surface area contributed by atoms with Crippen LogP contribution in [0.3, 0.4) is 0 Å². The molecule has 6 heteroatoms. The summed E-state index contributed by atoms with van der Waals surface area (Å²) in [5, 5.41) is 3.95. The molecule has 5 nitrogen and oxygen atoms in total. The first-order valence-electron chi connectivity index (χ1n) is 8.08. The van der Waals surface area contributed by atoms with Crippen molar-refractivity contribution in [2.24, 2.45) is 0 Å². The van der Waals surface area contributed by atoms with Crippen LogP contribution in [0.4, 0.5) is 5.69 Å². The van der Waals surface area contributed by atoms with E-state index in [1.165, 1.54) is 6.92 Å². The fourth-order valence-corrected chi connectivity index (χ4v) is 2.66. The number of hydrogen-bond acceptors (Lipinski definition) is 4. The molecule has 1 N–H and O–H groups in total. The number of anilines is 1. The highest BCUT2D eigenvalue weighted by Gasteiger charge is 2.21. The van der Waals surface area contributed by atoms with Gasteiger partial charge in [-0.2, -0.15) is 0 Å². The average Bonchev–Trinajstić information content (AvgIpc) is 2.62. The molecule has 0 radical (unpaired) electrons. The first-order chi connectivity index (χ1) is 12.4. The van der Waals surface area contributed by atoms with E-state index in [1.807, 2.05) is 18.2 Å². The Labute approximate surface area is 156 Å². The number of amides is 1. The van der Waals surface area contributed by atoms with Gasteiger partial charge < -0.3 is 10.1 Å². The van der Waals surface area contributed by atoms with E-state index >= 15 is 0 Å². The molecule has 3 aromatic rings. The number of nitrogens with one attached hydrogen (secondary N) is 1. The molecule has 0 fully saturated rings. The van der Waals surface area contributed by atoms with Crippen LogP contribution in [0.25, 0.3) is 10.9 Å². The fraction of sp³-hybridized carbons (Fsp3) is 0.150. The van der Waals surface area contributed by atoms with Crippen LogP contribution in [0.15, 0.2) is 54.6 Å². The number of aromatic nitrogens is 1. The maximum Gasteiger partial charge on any atom is 0.339 e. The highest BCUT2D eigenvalue weighted by molar-refractivity contribution is 6.30. The van der Waals surface area contributed by atoms with E-state index in [0.717, 1.165) is 0 Å². The molecule has 0 aliphatic heterocycles. The number of rotatable bonds is 4. The number of ether oxygens (including phenoxy) is 1. The van der Waals surface area contributed by atoms with Crippen LogP contribution in [-0.2, 0) is 9.53 Å². The lowest BCUT2D eigenvalue weighted by molar-refractivity contribution is -0.123. The number of aryl methyl sites for hydroxylation is 1. The standard InChI is InChI=1S/C20H17ClN2O3/c1-12-11-17(16-5-3-4-6-18(16)22-12)20(25)26-13(2)19(24)23-15-9-7-14(21)8-10-15/h3-11,13H,1-2H3,(H,23,24)/t13-/m0/s1. The molecule has 132 valence electrons. The molecule has 1 aromatic heterocycles. The lowest BCUT2D eigenvalue weighted by Crippen LogP contribution is -2.30. The second-order valence-electron chi connectivity index (χ2n) is 5.87. The van der Waals surface area contributed by atoms with Crippen molar-refractivity contribution in [2.45, 2.75) is 20.0 Å². The zero-order valence-corrected chi connectivity index (χ0v) is 15.1. The summed E-state index contributed by atoms with van der Waals surface area (Å²) < 4.78 is 5.35. The Bertz CT molecular complexity index is 970. The van der Waals surface area contributed by atoms with Gasteiger partial charge in [-0.1, -0.05) is 29.8 Å². The summed E-state index contributed by atoms with van der Waals surface area (Å²) in [6.45, 7) is 3.33. The van der Waals surface area contributed by atoms with Gasteiger partial charge in [0.05, 0.1) is 11.1 Å². The van der Waals surface area contributed by atoms with Gasteiger partial charge in [-0.15, -0.1) is 0 Å². The van der Waals surface area contributed by atoms with Crippen molar-refractivity contribution in [1.29, 1.82) is 0 Å². The third kappa shape index (κ3) is 4.00. The summed E-state index contributed by atoms with van der Waals surface area (Å²) in [7, 11) is 0. The fourth-order valence-electron chi connectivity index (χ4n) is 2.53. The molecule has 3 rings (SSSR count). The zero-order chi connectivity index (χ0) is 18.7. The number of nitrogens with zero attached hydrogens (tertiary/aromatic N) is 1. The van der Waals surface area contributed by atoms with Crippen molar-refractivity contribution in [2.75, 3.05) is 5.32 Å². The van der Waals surface area contributed by atoms with E-state index in [0.29, 0.717) is 32.9 Å². The van der Waals surface area contributed by atoms with Crippen molar-refractivity contribution in [3.05, 3.63) is 70.9 Å². The average molecular weight is 369 g/mol. The highest BCUT2D eigenvalue weighted by atomic mass is 35.5. The van der Waals surface area contributed by atoms with Crippen LogP contribution < -0.4 is 5.32 Å². The second-order valence-corrected chi connectivity index (χ2v) is 6.31. The summed E-state index contributed by atoms with van der Waals surface area (Å²) in [5.74, 6) is -0.985. The van der Waals surface area contributed by atoms with Gasteiger partial charge in [0, 0.05) is 21.8 Å². The zero-order valence-electron chi connectivity index (χ0n) is 14.3. The van der Waals surface area contributed by atoms with Crippen molar-refractivity contribution >= 4 is 40.1 Å². The van der Waals surface area contributed by atoms with Crippen molar-refractivity contribution in [3.63, 3.8) is 0 Å². The number of esters is 1. The predicted octanol–water partition coefficient (Wildman–Crippen LogP) is 4.38. The van der Waals surface area contributed by atoms with Crippen molar-refractivity contribution in [3.8, 4) is 0 Å². The Morgan fingerprint density at radius 3 is 2.54 bits per heavy atom. The van der Waals surface area contributed by atoms with Gasteiger partial charge in [-0.25, -0.2) is 4.79 Å². The van der Waals surface area contributed by atoms with Crippen LogP contribution in [0, 0.1) is 6.92 Å². The Hall–Kier alpha value is -2.92. The Morgan fingerprint density at radius 2 is 1.81 bits per heavy atom. The summed E-state index contributed by atoms with van der Waals surface area (Å²) in [5.41, 5.74) is 2.37. The van der Waals surface area contributed by atoms with Crippen LogP contribution >= 0.6 is 11.6 Å². The van der Waals surface area contributed by atoms with Gasteiger partial charge in [0.2, 0.25) is 0 Å². The summed E-state index contributed by atoms with van der Waals surface area (Å²) >= 11 is 5.82. The number of benzene rings is 2. The van der Waals surface area contributed by atoms with Crippen LogP contribution in [-0.4, -0.2) is 23.0 Å². The molecular weight excluding hydrogens is 352 g/mol. The SMILES string of the molecule is Cc1cc(C(=O)O[C@@H](C)C(=O)Nc2ccc(Cl)cc2)c2ccccc2n1. The quantitative estimate of drug-likeness (QED) is 0.694. The summed E-state index contributed by atoms with van der Waals surface area (Å²) in [6, 6.07) is 15.7. The number of para-hydroxylation sites is 1. The molecule has 1 heterocycles. The van der Waals surface area contributed by atoms with E-state index < -0.39 is 18.0 Å². The number of halogens is 1. The molecule has 2 aromatic carbocycles. The number of hydrogen-bond donors (Lipinski definition) is 1. The van der Waals surface area contributed by atoms with Crippen LogP contribution in [0.5, 0.6) is 0 Å². The van der Waals surface area contributed by atoms with Crippen LogP contribution in [0.2, 0.25) is 5.02 Å². The molecule has 0 unspecified atom stereocenters. The van der Waals surface area contributed by atoms with Crippen molar-refractivity contribution in [1.82, 2.24) is 4.98 Å². The lowest BCUT2D eigenvalue weighted by Gasteiger charge is -2.14. The van der Waals surface area contributed by atoms with E-state index in [4.69, 9.17) is 16.3 Å². The maximum absolute atomic E-state index is 12.6. The molecule has 0 aliphatic rings. The smallest absolute Gasteiger partial charge is 0.339 e. The van der Waals surface area contributed by atoms with Crippen LogP contribution in [0.1, 0.15) is 23.0 Å². The molecule has 1 amide bonds. The van der Waals surface area contributed by atoms with Gasteiger partial charge in [0.1, 0.15) is 0 Å². The lowest BCUT2D eigenvalue weighted by atomic mass is 10.1. The van der Waals surface area contributed by atoms with Gasteiger partial charge in [-0.3, -0.25) is 9.78 Å². The third-order valence-electron chi connectivity index (χ3n) is 3.83. The number of carbonyl (C=O) groups is 2. The Kier molecular flexibility index (Phi) is 5.19. The normalized spacial score (nSPS) is 11.8. The topological polar surface area (TPSA) is 68.3 Å². The minimum absolute atomic E-state index is 0.388. The molecule has 0 bridgehead atoms. The summed E-state index contributed by atoms with van der Waals surface area (Å²) in [6.07, 6.45) is -0.953. The second kappa shape index (κ2) is 7.54. The molecule has 1 atom stereocenters. The molecular formula is C20H17ClN2O3. The Morgan fingerprint density at radius 1 is 1.12 bits per heavy atom. The van der Waals surface area contributed by atoms with Gasteiger partial charge in [0.25, 0.3) is 5.91 Å². The molecule has 0 aliphatic carbocycles. The third-order valence-corrected chi connectivity index (χ3v) is 4.08.